The summed E-state index contributed by atoms with van der Waals surface area (Å²) in [6, 6.07) is 2.48. The molecule has 1 aromatic rings. The molecule has 0 spiro atoms. The van der Waals surface area contributed by atoms with Crippen LogP contribution in [0.3, 0.4) is 0 Å². The Labute approximate surface area is 115 Å². The summed E-state index contributed by atoms with van der Waals surface area (Å²) < 4.78 is 39.9. The Balaban J connectivity index is 2.14. The molecule has 2 rings (SSSR count). The number of rotatable bonds is 5. The highest BCUT2D eigenvalue weighted by Crippen LogP contribution is 2.20. The number of nitro groups is 1. The summed E-state index contributed by atoms with van der Waals surface area (Å²) in [5.41, 5.74) is -0.485. The van der Waals surface area contributed by atoms with E-state index in [9.17, 15) is 22.9 Å². The molecule has 0 amide bonds. The van der Waals surface area contributed by atoms with Gasteiger partial charge in [-0.15, -0.1) is 0 Å². The third-order valence-corrected chi connectivity index (χ3v) is 4.60. The molecule has 1 aliphatic rings. The standard InChI is InChI=1S/C11H14FN3O4S/c12-10-5-9(15(16)17)1-2-11(10)20(18,19)14-7-8-3-4-13-6-8/h1-2,5,8,13-14H,3-4,6-7H2. The van der Waals surface area contributed by atoms with E-state index in [1.807, 2.05) is 0 Å². The molecule has 0 aromatic heterocycles. The van der Waals surface area contributed by atoms with Gasteiger partial charge in [-0.1, -0.05) is 0 Å². The second-order valence-electron chi connectivity index (χ2n) is 4.58. The Morgan fingerprint density at radius 2 is 2.25 bits per heavy atom. The zero-order valence-electron chi connectivity index (χ0n) is 10.5. The van der Waals surface area contributed by atoms with Crippen LogP contribution in [0.1, 0.15) is 6.42 Å². The first-order valence-corrected chi connectivity index (χ1v) is 7.53. The molecule has 1 unspecified atom stereocenters. The van der Waals surface area contributed by atoms with E-state index in [4.69, 9.17) is 0 Å². The van der Waals surface area contributed by atoms with Gasteiger partial charge in [0, 0.05) is 12.6 Å². The van der Waals surface area contributed by atoms with Crippen molar-refractivity contribution in [3.05, 3.63) is 34.1 Å². The molecule has 1 fully saturated rings. The summed E-state index contributed by atoms with van der Waals surface area (Å²) in [6.07, 6.45) is 0.852. The van der Waals surface area contributed by atoms with Crippen LogP contribution in [0.25, 0.3) is 0 Å². The lowest BCUT2D eigenvalue weighted by atomic mass is 10.1. The minimum Gasteiger partial charge on any atom is -0.316 e. The summed E-state index contributed by atoms with van der Waals surface area (Å²) in [7, 11) is -4.00. The fraction of sp³-hybridized carbons (Fsp3) is 0.455. The average molecular weight is 303 g/mol. The molecule has 1 aromatic carbocycles. The maximum absolute atomic E-state index is 13.7. The van der Waals surface area contributed by atoms with Gasteiger partial charge in [0.25, 0.3) is 5.69 Å². The lowest BCUT2D eigenvalue weighted by molar-refractivity contribution is -0.385. The van der Waals surface area contributed by atoms with Crippen molar-refractivity contribution in [2.75, 3.05) is 19.6 Å². The van der Waals surface area contributed by atoms with Crippen LogP contribution in [0.4, 0.5) is 10.1 Å². The molecule has 2 N–H and O–H groups in total. The highest BCUT2D eigenvalue weighted by molar-refractivity contribution is 7.89. The van der Waals surface area contributed by atoms with E-state index >= 15 is 0 Å². The Hall–Kier alpha value is -1.58. The van der Waals surface area contributed by atoms with Crippen molar-refractivity contribution in [1.82, 2.24) is 10.0 Å². The third kappa shape index (κ3) is 3.30. The van der Waals surface area contributed by atoms with Crippen LogP contribution in [0, 0.1) is 21.8 Å². The SMILES string of the molecule is O=[N+]([O-])c1ccc(S(=O)(=O)NCC2CCNC2)c(F)c1. The number of benzene rings is 1. The monoisotopic (exact) mass is 303 g/mol. The Kier molecular flexibility index (Phi) is 4.31. The number of sulfonamides is 1. The van der Waals surface area contributed by atoms with Gasteiger partial charge < -0.3 is 5.32 Å². The average Bonchev–Trinajstić information content (AvgIpc) is 2.89. The maximum atomic E-state index is 13.7. The van der Waals surface area contributed by atoms with Gasteiger partial charge in [-0.05, 0) is 31.5 Å². The maximum Gasteiger partial charge on any atom is 0.272 e. The largest absolute Gasteiger partial charge is 0.316 e. The lowest BCUT2D eigenvalue weighted by Crippen LogP contribution is -2.30. The van der Waals surface area contributed by atoms with Gasteiger partial charge in [0.15, 0.2) is 0 Å². The van der Waals surface area contributed by atoms with Crippen molar-refractivity contribution in [2.24, 2.45) is 5.92 Å². The van der Waals surface area contributed by atoms with Gasteiger partial charge >= 0.3 is 0 Å². The predicted molar refractivity (Wildman–Crippen MR) is 69.2 cm³/mol. The number of nitro benzene ring substituents is 1. The molecule has 110 valence electrons. The smallest absolute Gasteiger partial charge is 0.272 e. The van der Waals surface area contributed by atoms with Gasteiger partial charge in [0.2, 0.25) is 10.0 Å². The quantitative estimate of drug-likeness (QED) is 0.613. The number of non-ortho nitro benzene ring substituents is 1. The van der Waals surface area contributed by atoms with Crippen LogP contribution in [-0.4, -0.2) is 33.0 Å². The van der Waals surface area contributed by atoms with E-state index in [0.717, 1.165) is 25.1 Å². The van der Waals surface area contributed by atoms with Gasteiger partial charge in [-0.3, -0.25) is 10.1 Å². The topological polar surface area (TPSA) is 101 Å². The van der Waals surface area contributed by atoms with Crippen molar-refractivity contribution in [3.8, 4) is 0 Å². The first-order valence-electron chi connectivity index (χ1n) is 6.04. The van der Waals surface area contributed by atoms with Crippen LogP contribution in [0.2, 0.25) is 0 Å². The third-order valence-electron chi connectivity index (χ3n) is 3.14. The van der Waals surface area contributed by atoms with Crippen molar-refractivity contribution in [3.63, 3.8) is 0 Å². The first kappa shape index (κ1) is 14.8. The number of hydrogen-bond acceptors (Lipinski definition) is 5. The molecule has 1 atom stereocenters. The number of halogens is 1. The number of nitrogens with zero attached hydrogens (tertiary/aromatic N) is 1. The molecule has 0 bridgehead atoms. The molecule has 0 aliphatic carbocycles. The van der Waals surface area contributed by atoms with Crippen molar-refractivity contribution < 1.29 is 17.7 Å². The van der Waals surface area contributed by atoms with E-state index in [2.05, 4.69) is 10.0 Å². The summed E-state index contributed by atoms with van der Waals surface area (Å²) in [4.78, 5) is 9.13. The van der Waals surface area contributed by atoms with E-state index in [-0.39, 0.29) is 12.5 Å². The first-order chi connectivity index (χ1) is 9.40. The molecule has 0 saturated carbocycles. The van der Waals surface area contributed by atoms with Crippen LogP contribution in [0.15, 0.2) is 23.1 Å². The molecular formula is C11H14FN3O4S. The second-order valence-corrected chi connectivity index (χ2v) is 6.32. The zero-order chi connectivity index (χ0) is 14.8. The highest BCUT2D eigenvalue weighted by Gasteiger charge is 2.23. The zero-order valence-corrected chi connectivity index (χ0v) is 11.3. The predicted octanol–water partition coefficient (Wildman–Crippen LogP) is 0.622. The highest BCUT2D eigenvalue weighted by atomic mass is 32.2. The summed E-state index contributed by atoms with van der Waals surface area (Å²) in [5.74, 6) is -0.956. The molecule has 0 radical (unpaired) electrons. The normalized spacial score (nSPS) is 19.1. The molecule has 20 heavy (non-hydrogen) atoms. The Bertz CT molecular complexity index is 614. The van der Waals surface area contributed by atoms with E-state index in [1.54, 1.807) is 0 Å². The fourth-order valence-corrected chi connectivity index (χ4v) is 3.19. The van der Waals surface area contributed by atoms with Gasteiger partial charge in [0.05, 0.1) is 11.0 Å². The van der Waals surface area contributed by atoms with Crippen molar-refractivity contribution >= 4 is 15.7 Å². The van der Waals surface area contributed by atoms with E-state index < -0.39 is 31.3 Å². The molecule has 1 aliphatic heterocycles. The minimum atomic E-state index is -4.00. The van der Waals surface area contributed by atoms with Gasteiger partial charge in [-0.25, -0.2) is 17.5 Å². The molecular weight excluding hydrogens is 289 g/mol. The Morgan fingerprint density at radius 3 is 2.80 bits per heavy atom. The second kappa shape index (κ2) is 5.81. The summed E-state index contributed by atoms with van der Waals surface area (Å²) >= 11 is 0. The van der Waals surface area contributed by atoms with Gasteiger partial charge in [-0.2, -0.15) is 0 Å². The van der Waals surface area contributed by atoms with Crippen LogP contribution in [-0.2, 0) is 10.0 Å². The lowest BCUT2D eigenvalue weighted by Gasteiger charge is -2.11. The molecule has 9 heteroatoms. The van der Waals surface area contributed by atoms with Gasteiger partial charge in [0.1, 0.15) is 10.7 Å². The number of hydrogen-bond donors (Lipinski definition) is 2. The van der Waals surface area contributed by atoms with E-state index in [0.29, 0.717) is 12.6 Å². The molecule has 1 saturated heterocycles. The van der Waals surface area contributed by atoms with Crippen molar-refractivity contribution in [1.29, 1.82) is 0 Å². The molecule has 7 nitrogen and oxygen atoms in total. The summed E-state index contributed by atoms with van der Waals surface area (Å²) in [5, 5.41) is 13.6. The van der Waals surface area contributed by atoms with Crippen molar-refractivity contribution in [2.45, 2.75) is 11.3 Å². The fourth-order valence-electron chi connectivity index (χ4n) is 2.02. The van der Waals surface area contributed by atoms with E-state index in [1.165, 1.54) is 0 Å². The van der Waals surface area contributed by atoms with Crippen LogP contribution in [0.5, 0.6) is 0 Å². The number of nitrogens with one attached hydrogen (secondary N) is 2. The Morgan fingerprint density at radius 1 is 1.50 bits per heavy atom. The van der Waals surface area contributed by atoms with Crippen LogP contribution >= 0.6 is 0 Å². The summed E-state index contributed by atoms with van der Waals surface area (Å²) in [6.45, 7) is 1.76. The molecule has 1 heterocycles. The van der Waals surface area contributed by atoms with Crippen LogP contribution < -0.4 is 10.0 Å². The minimum absolute atomic E-state index is 0.172.